The van der Waals surface area contributed by atoms with E-state index in [0.717, 1.165) is 12.1 Å². The Kier molecular flexibility index (Phi) is 4.31. The molecule has 0 bridgehead atoms. The predicted molar refractivity (Wildman–Crippen MR) is 67.3 cm³/mol. The van der Waals surface area contributed by atoms with E-state index in [1.54, 1.807) is 22.6 Å². The van der Waals surface area contributed by atoms with E-state index in [9.17, 15) is 25.0 Å². The van der Waals surface area contributed by atoms with Crippen LogP contribution in [0.2, 0.25) is 0 Å². The minimum atomic E-state index is -0.782. The van der Waals surface area contributed by atoms with E-state index in [4.69, 9.17) is 0 Å². The van der Waals surface area contributed by atoms with Gasteiger partial charge < -0.3 is 5.32 Å². The van der Waals surface area contributed by atoms with Crippen LogP contribution in [0.5, 0.6) is 0 Å². The molecule has 0 fully saturated rings. The number of benzene rings is 1. The lowest BCUT2D eigenvalue weighted by Gasteiger charge is -2.04. The van der Waals surface area contributed by atoms with Crippen molar-refractivity contribution in [2.24, 2.45) is 0 Å². The molecule has 0 saturated carbocycles. The minimum Gasteiger partial charge on any atom is -0.314 e. The number of anilines is 1. The first-order valence-corrected chi connectivity index (χ1v) is 5.77. The van der Waals surface area contributed by atoms with Gasteiger partial charge in [-0.1, -0.05) is 22.6 Å². The summed E-state index contributed by atoms with van der Waals surface area (Å²) in [6, 6.07) is 3.38. The molecule has 17 heavy (non-hydrogen) atoms. The summed E-state index contributed by atoms with van der Waals surface area (Å²) < 4.78 is 0.0426. The molecule has 8 nitrogen and oxygen atoms in total. The summed E-state index contributed by atoms with van der Waals surface area (Å²) in [6.07, 6.45) is 0. The number of halogens is 1. The molecule has 0 unspecified atom stereocenters. The summed E-state index contributed by atoms with van der Waals surface area (Å²) >= 11 is 1.75. The molecule has 1 aromatic carbocycles. The van der Waals surface area contributed by atoms with Crippen LogP contribution >= 0.6 is 22.6 Å². The highest BCUT2D eigenvalue weighted by Gasteiger charge is 2.25. The molecule has 0 spiro atoms. The van der Waals surface area contributed by atoms with Gasteiger partial charge in [0, 0.05) is 12.1 Å². The fraction of sp³-hybridized carbons (Fsp3) is 0.125. The molecule has 0 aromatic heterocycles. The minimum absolute atomic E-state index is 0.0426. The topological polar surface area (TPSA) is 115 Å². The second-order valence-electron chi connectivity index (χ2n) is 2.87. The summed E-state index contributed by atoms with van der Waals surface area (Å²) in [5.74, 6) is -0.539. The van der Waals surface area contributed by atoms with Crippen LogP contribution in [0, 0.1) is 20.2 Å². The van der Waals surface area contributed by atoms with Crippen LogP contribution in [0.25, 0.3) is 0 Å². The zero-order chi connectivity index (χ0) is 13.0. The van der Waals surface area contributed by atoms with Crippen molar-refractivity contribution in [3.05, 3.63) is 38.4 Å². The zero-order valence-electron chi connectivity index (χ0n) is 8.25. The number of rotatable bonds is 4. The Bertz CT molecular complexity index is 458. The van der Waals surface area contributed by atoms with Gasteiger partial charge >= 0.3 is 0 Å². The van der Waals surface area contributed by atoms with Gasteiger partial charge in [-0.3, -0.25) is 25.0 Å². The molecule has 0 aliphatic carbocycles. The van der Waals surface area contributed by atoms with Crippen molar-refractivity contribution in [3.8, 4) is 0 Å². The largest absolute Gasteiger partial charge is 0.314 e. The maximum atomic E-state index is 11.2. The quantitative estimate of drug-likeness (QED) is 0.385. The summed E-state index contributed by atoms with van der Waals surface area (Å²) in [4.78, 5) is 31.0. The fourth-order valence-electron chi connectivity index (χ4n) is 1.13. The number of nitrogens with zero attached hydrogens (tertiary/aromatic N) is 2. The molecular formula is C8H6IN3O5. The fourth-order valence-corrected chi connectivity index (χ4v) is 1.32. The summed E-state index contributed by atoms with van der Waals surface area (Å²) in [5, 5.41) is 23.6. The number of amides is 1. The van der Waals surface area contributed by atoms with Crippen molar-refractivity contribution in [1.29, 1.82) is 0 Å². The van der Waals surface area contributed by atoms with E-state index >= 15 is 0 Å². The predicted octanol–water partition coefficient (Wildman–Crippen LogP) is 1.88. The molecule has 9 heteroatoms. The third kappa shape index (κ3) is 3.09. The molecule has 0 aliphatic heterocycles. The third-order valence-electron chi connectivity index (χ3n) is 1.80. The van der Waals surface area contributed by atoms with E-state index in [2.05, 4.69) is 5.32 Å². The molecule has 0 atom stereocenters. The zero-order valence-corrected chi connectivity index (χ0v) is 10.4. The van der Waals surface area contributed by atoms with Crippen molar-refractivity contribution >= 4 is 45.6 Å². The molecule has 0 aliphatic rings. The van der Waals surface area contributed by atoms with E-state index in [1.165, 1.54) is 6.07 Å². The number of nitrogens with one attached hydrogen (secondary N) is 1. The van der Waals surface area contributed by atoms with Crippen molar-refractivity contribution < 1.29 is 14.6 Å². The first-order chi connectivity index (χ1) is 7.97. The number of nitro benzene ring substituents is 2. The number of carbonyl (C=O) groups is 1. The highest BCUT2D eigenvalue weighted by molar-refractivity contribution is 14.1. The molecule has 0 radical (unpaired) electrons. The average Bonchev–Trinajstić information content (AvgIpc) is 2.28. The molecule has 90 valence electrons. The van der Waals surface area contributed by atoms with Crippen LogP contribution in [0.4, 0.5) is 17.1 Å². The first-order valence-electron chi connectivity index (χ1n) is 4.25. The number of hydrogen-bond acceptors (Lipinski definition) is 5. The Hall–Kier alpha value is -1.78. The molecule has 1 amide bonds. The highest BCUT2D eigenvalue weighted by Crippen LogP contribution is 2.33. The van der Waals surface area contributed by atoms with E-state index < -0.39 is 27.1 Å². The number of para-hydroxylation sites is 1. The first kappa shape index (κ1) is 13.3. The molecule has 1 rings (SSSR count). The number of alkyl halides is 1. The lowest BCUT2D eigenvalue weighted by Crippen LogP contribution is -2.14. The van der Waals surface area contributed by atoms with E-state index in [-0.39, 0.29) is 10.1 Å². The van der Waals surface area contributed by atoms with Crippen molar-refractivity contribution in [2.75, 3.05) is 9.74 Å². The average molecular weight is 351 g/mol. The number of hydrogen-bond donors (Lipinski definition) is 1. The van der Waals surface area contributed by atoms with Gasteiger partial charge in [0.1, 0.15) is 0 Å². The van der Waals surface area contributed by atoms with E-state index in [0.29, 0.717) is 0 Å². The standard InChI is InChI=1S/C8H6IN3O5/c9-4-7(13)10-8-5(11(14)15)2-1-3-6(8)12(16)17/h1-3H,4H2,(H,10,13). The van der Waals surface area contributed by atoms with Gasteiger partial charge in [0.25, 0.3) is 11.4 Å². The molecule has 0 heterocycles. The SMILES string of the molecule is O=C(CI)Nc1c([N+](=O)[O-])cccc1[N+](=O)[O-]. The van der Waals surface area contributed by atoms with Crippen molar-refractivity contribution in [3.63, 3.8) is 0 Å². The maximum absolute atomic E-state index is 11.2. The van der Waals surface area contributed by atoms with Gasteiger partial charge in [-0.25, -0.2) is 0 Å². The second kappa shape index (κ2) is 5.52. The second-order valence-corrected chi connectivity index (χ2v) is 3.63. The van der Waals surface area contributed by atoms with E-state index in [1.807, 2.05) is 0 Å². The Labute approximate surface area is 108 Å². The van der Waals surface area contributed by atoms with Gasteiger partial charge in [-0.05, 0) is 6.07 Å². The summed E-state index contributed by atoms with van der Waals surface area (Å²) in [7, 11) is 0. The Balaban J connectivity index is 3.33. The molecular weight excluding hydrogens is 345 g/mol. The Morgan fingerprint density at radius 1 is 1.24 bits per heavy atom. The maximum Gasteiger partial charge on any atom is 0.299 e. The Morgan fingerprint density at radius 3 is 2.06 bits per heavy atom. The molecule has 1 aromatic rings. The van der Waals surface area contributed by atoms with Gasteiger partial charge in [0.05, 0.1) is 14.3 Å². The number of nitro groups is 2. The van der Waals surface area contributed by atoms with Crippen LogP contribution in [0.15, 0.2) is 18.2 Å². The van der Waals surface area contributed by atoms with Gasteiger partial charge in [-0.15, -0.1) is 0 Å². The van der Waals surface area contributed by atoms with Gasteiger partial charge in [0.15, 0.2) is 5.69 Å². The van der Waals surface area contributed by atoms with Crippen LogP contribution in [-0.2, 0) is 4.79 Å². The van der Waals surface area contributed by atoms with Crippen molar-refractivity contribution in [2.45, 2.75) is 0 Å². The lowest BCUT2D eigenvalue weighted by atomic mass is 10.2. The lowest BCUT2D eigenvalue weighted by molar-refractivity contribution is -0.392. The monoisotopic (exact) mass is 351 g/mol. The summed E-state index contributed by atoms with van der Waals surface area (Å²) in [6.45, 7) is 0. The summed E-state index contributed by atoms with van der Waals surface area (Å²) in [5.41, 5.74) is -1.39. The van der Waals surface area contributed by atoms with Crippen LogP contribution in [0.3, 0.4) is 0 Å². The third-order valence-corrected chi connectivity index (χ3v) is 2.49. The van der Waals surface area contributed by atoms with Crippen LogP contribution in [0.1, 0.15) is 0 Å². The van der Waals surface area contributed by atoms with Crippen LogP contribution in [-0.4, -0.2) is 20.2 Å². The van der Waals surface area contributed by atoms with Crippen molar-refractivity contribution in [1.82, 2.24) is 0 Å². The number of carbonyl (C=O) groups excluding carboxylic acids is 1. The normalized spacial score (nSPS) is 9.71. The molecule has 1 N–H and O–H groups in total. The van der Waals surface area contributed by atoms with Gasteiger partial charge in [0.2, 0.25) is 5.91 Å². The highest BCUT2D eigenvalue weighted by atomic mass is 127. The molecule has 0 saturated heterocycles. The Morgan fingerprint density at radius 2 is 1.71 bits per heavy atom. The smallest absolute Gasteiger partial charge is 0.299 e. The van der Waals surface area contributed by atoms with Crippen LogP contribution < -0.4 is 5.32 Å². The van der Waals surface area contributed by atoms with Gasteiger partial charge in [-0.2, -0.15) is 0 Å².